The zero-order valence-corrected chi connectivity index (χ0v) is 19.4. The summed E-state index contributed by atoms with van der Waals surface area (Å²) in [5, 5.41) is 3.84. The number of hydrogen-bond acceptors (Lipinski definition) is 6. The number of fused-ring (bicyclic) bond motifs is 1. The van der Waals surface area contributed by atoms with Gasteiger partial charge < -0.3 is 20.1 Å². The second kappa shape index (κ2) is 10.3. The molecule has 1 aliphatic rings. The van der Waals surface area contributed by atoms with Crippen LogP contribution in [0.2, 0.25) is 0 Å². The molecule has 0 saturated carbocycles. The van der Waals surface area contributed by atoms with E-state index in [4.69, 9.17) is 0 Å². The Morgan fingerprint density at radius 2 is 1.89 bits per heavy atom. The number of H-pyrrole nitrogens is 1. The largest absolute Gasteiger partial charge is 0.417 e. The highest BCUT2D eigenvalue weighted by Gasteiger charge is 2.31. The Labute approximate surface area is 200 Å². The number of para-hydroxylation sites is 1. The first-order valence-electron chi connectivity index (χ1n) is 11.5. The van der Waals surface area contributed by atoms with Crippen LogP contribution in [0.4, 0.5) is 24.7 Å². The Kier molecular flexibility index (Phi) is 7.23. The molecule has 0 aliphatic carbocycles. The van der Waals surface area contributed by atoms with Gasteiger partial charge in [-0.2, -0.15) is 13.2 Å². The number of carbonyl (C=O) groups is 1. The van der Waals surface area contributed by atoms with Gasteiger partial charge >= 0.3 is 6.18 Å². The molecule has 1 aromatic carbocycles. The first kappa shape index (κ1) is 24.5. The number of aromatic nitrogens is 3. The molecule has 1 fully saturated rings. The van der Waals surface area contributed by atoms with E-state index in [1.54, 1.807) is 24.0 Å². The number of amides is 1. The minimum Gasteiger partial charge on any atom is -0.383 e. The van der Waals surface area contributed by atoms with E-state index in [0.29, 0.717) is 68.1 Å². The normalized spacial score (nSPS) is 14.4. The van der Waals surface area contributed by atoms with Gasteiger partial charge in [-0.25, -0.2) is 9.97 Å². The molecule has 11 heteroatoms. The van der Waals surface area contributed by atoms with Crippen molar-refractivity contribution in [3.05, 3.63) is 58.3 Å². The van der Waals surface area contributed by atoms with Crippen molar-refractivity contribution >= 4 is 28.3 Å². The van der Waals surface area contributed by atoms with Gasteiger partial charge in [0.1, 0.15) is 17.2 Å². The van der Waals surface area contributed by atoms with Crippen LogP contribution in [-0.2, 0) is 11.0 Å². The molecular weight excluding hydrogens is 461 g/mol. The third kappa shape index (κ3) is 5.90. The topological polar surface area (TPSA) is 94.2 Å². The third-order valence-electron chi connectivity index (χ3n) is 6.02. The molecule has 0 spiro atoms. The molecule has 186 valence electrons. The lowest BCUT2D eigenvalue weighted by molar-refractivity contribution is -0.138. The van der Waals surface area contributed by atoms with Crippen LogP contribution in [0.15, 0.2) is 41.3 Å². The number of anilines is 2. The van der Waals surface area contributed by atoms with E-state index in [2.05, 4.69) is 20.3 Å². The van der Waals surface area contributed by atoms with E-state index in [1.165, 1.54) is 6.07 Å². The number of aryl methyl sites for hydroxylation is 1. The maximum Gasteiger partial charge on any atom is 0.417 e. The summed E-state index contributed by atoms with van der Waals surface area (Å²) in [5.74, 6) is 1.10. The summed E-state index contributed by atoms with van der Waals surface area (Å²) < 4.78 is 38.1. The lowest BCUT2D eigenvalue weighted by Crippen LogP contribution is -2.49. The van der Waals surface area contributed by atoms with Gasteiger partial charge in [0.05, 0.1) is 16.6 Å². The second-order valence-electron chi connectivity index (χ2n) is 8.51. The van der Waals surface area contributed by atoms with Crippen molar-refractivity contribution in [2.24, 2.45) is 0 Å². The van der Waals surface area contributed by atoms with Crippen LogP contribution in [0.1, 0.15) is 30.7 Å². The number of unbranched alkanes of at least 4 members (excludes halogenated alkanes) is 1. The molecule has 0 bridgehead atoms. The number of piperazine rings is 1. The van der Waals surface area contributed by atoms with Crippen molar-refractivity contribution in [3.8, 4) is 0 Å². The zero-order valence-electron chi connectivity index (χ0n) is 19.4. The van der Waals surface area contributed by atoms with E-state index >= 15 is 0 Å². The highest BCUT2D eigenvalue weighted by molar-refractivity contribution is 5.89. The molecule has 2 aromatic heterocycles. The molecule has 35 heavy (non-hydrogen) atoms. The fourth-order valence-corrected chi connectivity index (χ4v) is 4.13. The monoisotopic (exact) mass is 488 g/mol. The van der Waals surface area contributed by atoms with E-state index in [1.807, 2.05) is 11.0 Å². The number of benzene rings is 1. The molecule has 0 atom stereocenters. The van der Waals surface area contributed by atoms with Crippen molar-refractivity contribution in [2.75, 3.05) is 42.9 Å². The number of alkyl halides is 3. The standard InChI is InChI=1S/C24H27F3N6O2/c1-16-30-22-18(23(35)31-16)5-4-6-19(22)28-10-3-2-7-21(34)33-13-11-32(12-14-33)20-9-8-17(15-29-20)24(25,26)27/h4-6,8-9,15,28H,2-3,7,10-14H2,1H3,(H,30,31,35). The van der Waals surface area contributed by atoms with Crippen molar-refractivity contribution in [1.82, 2.24) is 19.9 Å². The summed E-state index contributed by atoms with van der Waals surface area (Å²) in [6.07, 6.45) is -1.65. The van der Waals surface area contributed by atoms with Crippen LogP contribution in [0.25, 0.3) is 10.9 Å². The summed E-state index contributed by atoms with van der Waals surface area (Å²) in [7, 11) is 0. The summed E-state index contributed by atoms with van der Waals surface area (Å²) in [4.78, 5) is 39.4. The molecule has 2 N–H and O–H groups in total. The molecule has 0 unspecified atom stereocenters. The molecular formula is C24H27F3N6O2. The smallest absolute Gasteiger partial charge is 0.383 e. The number of pyridine rings is 1. The first-order valence-corrected chi connectivity index (χ1v) is 11.5. The Balaban J connectivity index is 1.20. The van der Waals surface area contributed by atoms with Gasteiger partial charge in [0.15, 0.2) is 0 Å². The summed E-state index contributed by atoms with van der Waals surface area (Å²) in [6, 6.07) is 7.82. The molecule has 8 nitrogen and oxygen atoms in total. The minimum atomic E-state index is -4.41. The van der Waals surface area contributed by atoms with Crippen molar-refractivity contribution < 1.29 is 18.0 Å². The maximum absolute atomic E-state index is 12.7. The quantitative estimate of drug-likeness (QED) is 0.494. The van der Waals surface area contributed by atoms with E-state index in [-0.39, 0.29) is 11.5 Å². The number of carbonyl (C=O) groups excluding carboxylic acids is 1. The summed E-state index contributed by atoms with van der Waals surface area (Å²) in [5.41, 5.74) is 0.474. The van der Waals surface area contributed by atoms with Crippen molar-refractivity contribution in [3.63, 3.8) is 0 Å². The van der Waals surface area contributed by atoms with Gasteiger partial charge in [-0.3, -0.25) is 9.59 Å². The Bertz CT molecular complexity index is 1230. The summed E-state index contributed by atoms with van der Waals surface area (Å²) >= 11 is 0. The van der Waals surface area contributed by atoms with Crippen LogP contribution in [0.3, 0.4) is 0 Å². The van der Waals surface area contributed by atoms with Crippen LogP contribution in [0.5, 0.6) is 0 Å². The van der Waals surface area contributed by atoms with Gasteiger partial charge in [0.2, 0.25) is 5.91 Å². The Morgan fingerprint density at radius 3 is 2.57 bits per heavy atom. The highest BCUT2D eigenvalue weighted by Crippen LogP contribution is 2.29. The lowest BCUT2D eigenvalue weighted by Gasteiger charge is -2.35. The number of halogens is 3. The molecule has 3 heterocycles. The molecule has 0 radical (unpaired) electrons. The van der Waals surface area contributed by atoms with Crippen LogP contribution >= 0.6 is 0 Å². The fourth-order valence-electron chi connectivity index (χ4n) is 4.13. The average Bonchev–Trinajstić information content (AvgIpc) is 2.83. The van der Waals surface area contributed by atoms with Gasteiger partial charge in [-0.1, -0.05) is 6.07 Å². The van der Waals surface area contributed by atoms with Gasteiger partial charge in [0, 0.05) is 45.3 Å². The van der Waals surface area contributed by atoms with Crippen LogP contribution in [0, 0.1) is 6.92 Å². The third-order valence-corrected chi connectivity index (χ3v) is 6.02. The van der Waals surface area contributed by atoms with E-state index in [0.717, 1.165) is 24.4 Å². The Hall–Kier alpha value is -3.63. The SMILES string of the molecule is Cc1nc2c(NCCCCC(=O)N3CCN(c4ccc(C(F)(F)F)cn4)CC3)cccc2c(=O)[nH]1. The number of aromatic amines is 1. The predicted molar refractivity (Wildman–Crippen MR) is 127 cm³/mol. The van der Waals surface area contributed by atoms with Crippen LogP contribution in [-0.4, -0.2) is 58.5 Å². The fraction of sp³-hybridized carbons (Fsp3) is 0.417. The van der Waals surface area contributed by atoms with Gasteiger partial charge in [-0.15, -0.1) is 0 Å². The zero-order chi connectivity index (χ0) is 25.0. The highest BCUT2D eigenvalue weighted by atomic mass is 19.4. The molecule has 4 rings (SSSR count). The second-order valence-corrected chi connectivity index (χ2v) is 8.51. The lowest BCUT2D eigenvalue weighted by atomic mass is 10.2. The molecule has 3 aromatic rings. The molecule has 1 aliphatic heterocycles. The number of nitrogens with zero attached hydrogens (tertiary/aromatic N) is 4. The van der Waals surface area contributed by atoms with Crippen molar-refractivity contribution in [1.29, 1.82) is 0 Å². The van der Waals surface area contributed by atoms with Gasteiger partial charge in [0.25, 0.3) is 5.56 Å². The number of hydrogen-bond donors (Lipinski definition) is 2. The maximum atomic E-state index is 12.7. The number of nitrogens with one attached hydrogen (secondary N) is 2. The van der Waals surface area contributed by atoms with E-state index < -0.39 is 11.7 Å². The average molecular weight is 489 g/mol. The Morgan fingerprint density at radius 1 is 1.11 bits per heavy atom. The number of rotatable bonds is 7. The van der Waals surface area contributed by atoms with Crippen LogP contribution < -0.4 is 15.8 Å². The molecule has 1 saturated heterocycles. The minimum absolute atomic E-state index is 0.0685. The van der Waals surface area contributed by atoms with E-state index in [9.17, 15) is 22.8 Å². The predicted octanol–water partition coefficient (Wildman–Crippen LogP) is 3.58. The summed E-state index contributed by atoms with van der Waals surface area (Å²) in [6.45, 7) is 4.46. The van der Waals surface area contributed by atoms with Crippen molar-refractivity contribution in [2.45, 2.75) is 32.4 Å². The molecule has 1 amide bonds. The van der Waals surface area contributed by atoms with Gasteiger partial charge in [-0.05, 0) is 44.0 Å². The first-order chi connectivity index (χ1) is 16.7.